The van der Waals surface area contributed by atoms with Gasteiger partial charge in [-0.05, 0) is 71.3 Å². The van der Waals surface area contributed by atoms with Gasteiger partial charge in [0.2, 0.25) is 0 Å². The van der Waals surface area contributed by atoms with E-state index in [1.807, 2.05) is 0 Å². The third-order valence-corrected chi connectivity index (χ3v) is 5.17. The van der Waals surface area contributed by atoms with Crippen LogP contribution in [0.4, 0.5) is 11.4 Å². The number of unbranched alkanes of at least 4 members (excludes halogenated alkanes) is 3. The molecule has 30 heavy (non-hydrogen) atoms. The Morgan fingerprint density at radius 3 is 2.60 bits per heavy atom. The van der Waals surface area contributed by atoms with Gasteiger partial charge in [-0.1, -0.05) is 26.2 Å². The van der Waals surface area contributed by atoms with Gasteiger partial charge in [0.15, 0.2) is 5.11 Å². The number of aryl methyl sites for hydroxylation is 1. The summed E-state index contributed by atoms with van der Waals surface area (Å²) in [5, 5.41) is 16.4. The van der Waals surface area contributed by atoms with Gasteiger partial charge in [-0.25, -0.2) is 0 Å². The number of hydrogen-bond donors (Lipinski definition) is 2. The highest BCUT2D eigenvalue weighted by atomic mass is 79.9. The Balaban J connectivity index is 1.93. The van der Waals surface area contributed by atoms with E-state index in [1.165, 1.54) is 25.0 Å². The van der Waals surface area contributed by atoms with Crippen LogP contribution in [-0.4, -0.2) is 22.5 Å². The van der Waals surface area contributed by atoms with E-state index in [4.69, 9.17) is 17.0 Å². The van der Waals surface area contributed by atoms with Gasteiger partial charge in [0.05, 0.1) is 16.0 Å². The molecule has 0 spiro atoms. The first-order valence-corrected chi connectivity index (χ1v) is 10.8. The molecule has 0 atom stereocenters. The Labute approximate surface area is 189 Å². The fourth-order valence-electron chi connectivity index (χ4n) is 2.70. The Bertz CT molecular complexity index is 936. The first-order chi connectivity index (χ1) is 14.3. The monoisotopic (exact) mass is 493 g/mol. The summed E-state index contributed by atoms with van der Waals surface area (Å²) >= 11 is 8.63. The van der Waals surface area contributed by atoms with Crippen molar-refractivity contribution in [1.82, 2.24) is 5.32 Å². The molecule has 2 rings (SSSR count). The maximum atomic E-state index is 12.5. The molecule has 0 unspecified atom stereocenters. The van der Waals surface area contributed by atoms with Crippen LogP contribution in [0.5, 0.6) is 5.75 Å². The molecule has 7 nitrogen and oxygen atoms in total. The van der Waals surface area contributed by atoms with E-state index in [2.05, 4.69) is 33.5 Å². The van der Waals surface area contributed by atoms with Crippen LogP contribution >= 0.6 is 28.1 Å². The lowest BCUT2D eigenvalue weighted by Crippen LogP contribution is -2.34. The van der Waals surface area contributed by atoms with E-state index in [0.717, 1.165) is 12.8 Å². The molecule has 0 aliphatic heterocycles. The van der Waals surface area contributed by atoms with E-state index in [1.54, 1.807) is 31.2 Å². The van der Waals surface area contributed by atoms with Gasteiger partial charge < -0.3 is 10.1 Å². The maximum Gasteiger partial charge on any atom is 0.269 e. The van der Waals surface area contributed by atoms with Crippen LogP contribution in [0.2, 0.25) is 0 Å². The number of thiocarbonyl (C=S) groups is 1. The average molecular weight is 494 g/mol. The molecule has 0 aliphatic carbocycles. The minimum atomic E-state index is -0.465. The van der Waals surface area contributed by atoms with Crippen molar-refractivity contribution in [1.29, 1.82) is 0 Å². The molecule has 0 fully saturated rings. The summed E-state index contributed by atoms with van der Waals surface area (Å²) in [6.45, 7) is 4.51. The van der Waals surface area contributed by atoms with Crippen molar-refractivity contribution < 1.29 is 14.5 Å². The highest BCUT2D eigenvalue weighted by molar-refractivity contribution is 9.10. The zero-order valence-electron chi connectivity index (χ0n) is 16.9. The van der Waals surface area contributed by atoms with Crippen molar-refractivity contribution in [2.45, 2.75) is 39.5 Å². The van der Waals surface area contributed by atoms with E-state index >= 15 is 0 Å². The van der Waals surface area contributed by atoms with Gasteiger partial charge in [0.1, 0.15) is 5.75 Å². The molecule has 0 aliphatic rings. The molecule has 0 radical (unpaired) electrons. The predicted octanol–water partition coefficient (Wildman–Crippen LogP) is 5.75. The van der Waals surface area contributed by atoms with Crippen LogP contribution < -0.4 is 15.4 Å². The molecule has 160 valence electrons. The number of hydrogen-bond acceptors (Lipinski definition) is 5. The molecule has 2 N–H and O–H groups in total. The molecule has 0 saturated carbocycles. The second-order valence-corrected chi connectivity index (χ2v) is 7.98. The van der Waals surface area contributed by atoms with Crippen molar-refractivity contribution in [2.75, 3.05) is 11.9 Å². The van der Waals surface area contributed by atoms with Crippen molar-refractivity contribution in [2.24, 2.45) is 0 Å². The Hall–Kier alpha value is -2.52. The highest BCUT2D eigenvalue weighted by Gasteiger charge is 2.13. The smallest absolute Gasteiger partial charge is 0.269 e. The van der Waals surface area contributed by atoms with Crippen LogP contribution in [0, 0.1) is 17.0 Å². The fraction of sp³-hybridized carbons (Fsp3) is 0.333. The van der Waals surface area contributed by atoms with Crippen LogP contribution in [0.15, 0.2) is 40.9 Å². The number of benzene rings is 2. The second-order valence-electron chi connectivity index (χ2n) is 6.72. The first-order valence-electron chi connectivity index (χ1n) is 9.61. The molecule has 0 heterocycles. The lowest BCUT2D eigenvalue weighted by Gasteiger charge is -2.13. The number of nitrogens with one attached hydrogen (secondary N) is 2. The van der Waals surface area contributed by atoms with Gasteiger partial charge in [-0.15, -0.1) is 0 Å². The first kappa shape index (κ1) is 23.8. The summed E-state index contributed by atoms with van der Waals surface area (Å²) in [7, 11) is 0. The van der Waals surface area contributed by atoms with Crippen LogP contribution in [-0.2, 0) is 0 Å². The number of rotatable bonds is 9. The largest absolute Gasteiger partial charge is 0.492 e. The fourth-order valence-corrected chi connectivity index (χ4v) is 3.40. The predicted molar refractivity (Wildman–Crippen MR) is 125 cm³/mol. The molecule has 2 aromatic carbocycles. The van der Waals surface area contributed by atoms with Crippen molar-refractivity contribution >= 4 is 50.5 Å². The second kappa shape index (κ2) is 11.6. The third-order valence-electron chi connectivity index (χ3n) is 4.35. The third kappa shape index (κ3) is 7.07. The number of carbonyl (C=O) groups is 1. The summed E-state index contributed by atoms with van der Waals surface area (Å²) < 4.78 is 6.44. The van der Waals surface area contributed by atoms with Crippen molar-refractivity contribution in [3.63, 3.8) is 0 Å². The van der Waals surface area contributed by atoms with Gasteiger partial charge in [0.25, 0.3) is 11.6 Å². The number of carbonyl (C=O) groups excluding carboxylic acids is 1. The van der Waals surface area contributed by atoms with E-state index in [0.29, 0.717) is 33.6 Å². The maximum absolute atomic E-state index is 12.5. The van der Waals surface area contributed by atoms with Crippen molar-refractivity contribution in [3.05, 3.63) is 62.1 Å². The Kier molecular flexibility index (Phi) is 9.19. The average Bonchev–Trinajstić information content (AvgIpc) is 2.70. The summed E-state index contributed by atoms with van der Waals surface area (Å²) in [5.74, 6) is 0.313. The number of anilines is 1. The van der Waals surface area contributed by atoms with E-state index < -0.39 is 4.92 Å². The molecule has 0 aromatic heterocycles. The standard InChI is InChI=1S/C21H24BrN3O4S/c1-3-4-5-6-11-29-19-10-7-15(13-17(19)22)20(26)24-21(30)23-18-9-8-16(25(27)28)12-14(18)2/h7-10,12-13H,3-6,11H2,1-2H3,(H2,23,24,26,30). The molecule has 0 bridgehead atoms. The van der Waals surface area contributed by atoms with Crippen molar-refractivity contribution in [3.8, 4) is 5.75 Å². The molecule has 9 heteroatoms. The molecular weight excluding hydrogens is 470 g/mol. The molecule has 2 aromatic rings. The topological polar surface area (TPSA) is 93.5 Å². The van der Waals surface area contributed by atoms with Crippen LogP contribution in [0.3, 0.4) is 0 Å². The zero-order chi connectivity index (χ0) is 22.1. The lowest BCUT2D eigenvalue weighted by molar-refractivity contribution is -0.384. The number of ether oxygens (including phenoxy) is 1. The minimum absolute atomic E-state index is 0.00877. The molecular formula is C21H24BrN3O4S. The molecule has 0 saturated heterocycles. The number of nitro benzene ring substituents is 1. The van der Waals surface area contributed by atoms with Gasteiger partial charge in [-0.3, -0.25) is 20.2 Å². The summed E-state index contributed by atoms with van der Waals surface area (Å²) in [6.07, 6.45) is 4.49. The van der Waals surface area contributed by atoms with Crippen LogP contribution in [0.1, 0.15) is 48.5 Å². The Morgan fingerprint density at radius 2 is 1.97 bits per heavy atom. The number of nitro groups is 1. The summed E-state index contributed by atoms with van der Waals surface area (Å²) in [6, 6.07) is 9.45. The lowest BCUT2D eigenvalue weighted by atomic mass is 10.2. The Morgan fingerprint density at radius 1 is 1.20 bits per heavy atom. The zero-order valence-corrected chi connectivity index (χ0v) is 19.3. The summed E-state index contributed by atoms with van der Waals surface area (Å²) in [5.41, 5.74) is 1.64. The van der Waals surface area contributed by atoms with E-state index in [-0.39, 0.29) is 16.7 Å². The number of non-ortho nitro benzene ring substituents is 1. The van der Waals surface area contributed by atoms with Gasteiger partial charge >= 0.3 is 0 Å². The van der Waals surface area contributed by atoms with Gasteiger partial charge in [-0.2, -0.15) is 0 Å². The minimum Gasteiger partial charge on any atom is -0.492 e. The number of nitrogens with zero attached hydrogens (tertiary/aromatic N) is 1. The normalized spacial score (nSPS) is 10.4. The molecule has 1 amide bonds. The summed E-state index contributed by atoms with van der Waals surface area (Å²) in [4.78, 5) is 22.8. The quantitative estimate of drug-likeness (QED) is 0.200. The number of amides is 1. The highest BCUT2D eigenvalue weighted by Crippen LogP contribution is 2.26. The van der Waals surface area contributed by atoms with Gasteiger partial charge in [0, 0.05) is 23.4 Å². The van der Waals surface area contributed by atoms with Crippen LogP contribution in [0.25, 0.3) is 0 Å². The number of halogens is 1. The SMILES string of the molecule is CCCCCCOc1ccc(C(=O)NC(=S)Nc2ccc([N+](=O)[O-])cc2C)cc1Br. The van der Waals surface area contributed by atoms with E-state index in [9.17, 15) is 14.9 Å².